The van der Waals surface area contributed by atoms with Crippen molar-refractivity contribution in [2.24, 2.45) is 0 Å². The molecular formula is C7H6NOS. The number of para-hydroxylation sites is 1. The molecule has 0 saturated heterocycles. The second-order valence-corrected chi connectivity index (χ2v) is 1.83. The van der Waals surface area contributed by atoms with E-state index in [2.05, 4.69) is 17.7 Å². The van der Waals surface area contributed by atoms with Crippen molar-refractivity contribution in [1.29, 1.82) is 0 Å². The van der Waals surface area contributed by atoms with Crippen LogP contribution in [0.2, 0.25) is 0 Å². The third-order valence-corrected chi connectivity index (χ3v) is 1.03. The zero-order valence-electron chi connectivity index (χ0n) is 5.23. The predicted octanol–water partition coefficient (Wildman–Crippen LogP) is 1.54. The largest absolute Gasteiger partial charge is 0.356 e. The van der Waals surface area contributed by atoms with E-state index < -0.39 is 0 Å². The van der Waals surface area contributed by atoms with Gasteiger partial charge in [0.2, 0.25) is 0 Å². The Morgan fingerprint density at radius 3 is 2.60 bits per heavy atom. The van der Waals surface area contributed by atoms with E-state index in [9.17, 15) is 0 Å². The van der Waals surface area contributed by atoms with Crippen molar-refractivity contribution in [1.82, 2.24) is 5.48 Å². The van der Waals surface area contributed by atoms with Crippen molar-refractivity contribution >= 4 is 17.7 Å². The van der Waals surface area contributed by atoms with E-state index >= 15 is 0 Å². The molecule has 0 unspecified atom stereocenters. The number of hydroxylamine groups is 1. The zero-order chi connectivity index (χ0) is 7.23. The fraction of sp³-hybridized carbons (Fsp3) is 0. The first kappa shape index (κ1) is 7.02. The van der Waals surface area contributed by atoms with Crippen LogP contribution in [-0.2, 0) is 0 Å². The van der Waals surface area contributed by atoms with Crippen LogP contribution in [0.1, 0.15) is 0 Å². The first-order valence-electron chi connectivity index (χ1n) is 2.79. The Morgan fingerprint density at radius 1 is 1.30 bits per heavy atom. The van der Waals surface area contributed by atoms with Crippen LogP contribution in [0.15, 0.2) is 30.3 Å². The molecule has 0 amide bonds. The molecule has 0 aromatic heterocycles. The smallest absolute Gasteiger partial charge is 0.158 e. The van der Waals surface area contributed by atoms with Crippen molar-refractivity contribution in [2.45, 2.75) is 0 Å². The van der Waals surface area contributed by atoms with Gasteiger partial charge in [0, 0.05) is 0 Å². The van der Waals surface area contributed by atoms with E-state index in [1.54, 1.807) is 0 Å². The Bertz CT molecular complexity index is 200. The lowest BCUT2D eigenvalue weighted by molar-refractivity contribution is 0.260. The number of hydrogen-bond acceptors (Lipinski definition) is 2. The van der Waals surface area contributed by atoms with E-state index in [1.807, 2.05) is 30.3 Å². The van der Waals surface area contributed by atoms with Gasteiger partial charge in [-0.2, -0.15) is 0 Å². The molecule has 1 aromatic carbocycles. The van der Waals surface area contributed by atoms with Crippen molar-refractivity contribution in [3.8, 4) is 5.75 Å². The highest BCUT2D eigenvalue weighted by Gasteiger charge is 1.87. The fourth-order valence-corrected chi connectivity index (χ4v) is 0.607. The summed E-state index contributed by atoms with van der Waals surface area (Å²) >= 11 is 4.43. The molecule has 3 heteroatoms. The third-order valence-electron chi connectivity index (χ3n) is 0.944. The van der Waals surface area contributed by atoms with Crippen LogP contribution in [0, 0.1) is 0 Å². The van der Waals surface area contributed by atoms with Crippen LogP contribution in [0.4, 0.5) is 0 Å². The molecule has 0 spiro atoms. The minimum absolute atomic E-state index is 0.698. The van der Waals surface area contributed by atoms with Crippen molar-refractivity contribution < 1.29 is 4.84 Å². The van der Waals surface area contributed by atoms with Gasteiger partial charge >= 0.3 is 0 Å². The monoisotopic (exact) mass is 152 g/mol. The fourth-order valence-electron chi connectivity index (χ4n) is 0.564. The summed E-state index contributed by atoms with van der Waals surface area (Å²) in [5.41, 5.74) is 4.62. The SMILES string of the molecule is S=C[N]Oc1ccccc1. The summed E-state index contributed by atoms with van der Waals surface area (Å²) in [5, 5.41) is 0. The van der Waals surface area contributed by atoms with Crippen LogP contribution in [0.3, 0.4) is 0 Å². The molecule has 0 aliphatic carbocycles. The zero-order valence-corrected chi connectivity index (χ0v) is 6.04. The van der Waals surface area contributed by atoms with Crippen LogP contribution in [0.5, 0.6) is 5.75 Å². The second-order valence-electron chi connectivity index (χ2n) is 1.62. The molecule has 0 bridgehead atoms. The first-order valence-corrected chi connectivity index (χ1v) is 3.26. The summed E-state index contributed by atoms with van der Waals surface area (Å²) in [6, 6.07) is 9.26. The quantitative estimate of drug-likeness (QED) is 0.484. The molecule has 0 fully saturated rings. The van der Waals surface area contributed by atoms with Crippen molar-refractivity contribution in [3.05, 3.63) is 30.3 Å². The first-order chi connectivity index (χ1) is 4.93. The molecule has 0 saturated carbocycles. The normalized spacial score (nSPS) is 8.40. The molecule has 10 heavy (non-hydrogen) atoms. The molecule has 1 radical (unpaired) electrons. The maximum atomic E-state index is 4.82. The highest BCUT2D eigenvalue weighted by molar-refractivity contribution is 7.78. The van der Waals surface area contributed by atoms with Gasteiger partial charge in [0.25, 0.3) is 0 Å². The summed E-state index contributed by atoms with van der Waals surface area (Å²) < 4.78 is 0. The lowest BCUT2D eigenvalue weighted by Crippen LogP contribution is -2.04. The van der Waals surface area contributed by atoms with E-state index in [0.29, 0.717) is 5.75 Å². The summed E-state index contributed by atoms with van der Waals surface area (Å²) in [7, 11) is 0. The Morgan fingerprint density at radius 2 is 2.00 bits per heavy atom. The average Bonchev–Trinajstić information content (AvgIpc) is 2.03. The molecule has 0 aliphatic heterocycles. The number of thiocarbonyl (C=S) groups is 1. The van der Waals surface area contributed by atoms with Gasteiger partial charge in [-0.05, 0) is 12.1 Å². The topological polar surface area (TPSA) is 23.3 Å². The van der Waals surface area contributed by atoms with E-state index in [1.165, 1.54) is 5.49 Å². The second kappa shape index (κ2) is 3.85. The molecule has 0 atom stereocenters. The average molecular weight is 152 g/mol. The van der Waals surface area contributed by atoms with Gasteiger partial charge in [-0.3, -0.25) is 0 Å². The molecule has 0 N–H and O–H groups in total. The lowest BCUT2D eigenvalue weighted by atomic mass is 10.3. The summed E-state index contributed by atoms with van der Waals surface area (Å²) in [6.45, 7) is 0. The maximum absolute atomic E-state index is 4.82. The van der Waals surface area contributed by atoms with Gasteiger partial charge in [-0.15, -0.1) is 0 Å². The van der Waals surface area contributed by atoms with Crippen LogP contribution >= 0.6 is 12.2 Å². The minimum atomic E-state index is 0.698. The number of nitrogens with zero attached hydrogens (tertiary/aromatic N) is 1. The van der Waals surface area contributed by atoms with Crippen LogP contribution in [0.25, 0.3) is 0 Å². The predicted molar refractivity (Wildman–Crippen MR) is 42.9 cm³/mol. The van der Waals surface area contributed by atoms with E-state index in [-0.39, 0.29) is 0 Å². The van der Waals surface area contributed by atoms with Gasteiger partial charge in [-0.1, -0.05) is 35.9 Å². The Hall–Kier alpha value is -1.09. The van der Waals surface area contributed by atoms with E-state index in [4.69, 9.17) is 4.84 Å². The molecule has 1 rings (SSSR count). The Labute approximate surface area is 64.8 Å². The minimum Gasteiger partial charge on any atom is -0.356 e. The molecule has 51 valence electrons. The van der Waals surface area contributed by atoms with Crippen molar-refractivity contribution in [2.75, 3.05) is 0 Å². The van der Waals surface area contributed by atoms with Crippen LogP contribution < -0.4 is 10.3 Å². The standard InChI is InChI=1S/C7H6NOS/c10-6-8-9-7-4-2-1-3-5-7/h1-6H. The molecule has 0 heterocycles. The Balaban J connectivity index is 2.50. The third kappa shape index (κ3) is 2.03. The van der Waals surface area contributed by atoms with Gasteiger partial charge in [0.15, 0.2) is 5.75 Å². The summed E-state index contributed by atoms with van der Waals surface area (Å²) in [6.07, 6.45) is 0. The van der Waals surface area contributed by atoms with Gasteiger partial charge in [0.05, 0.1) is 0 Å². The maximum Gasteiger partial charge on any atom is 0.158 e. The number of hydrogen-bond donors (Lipinski definition) is 0. The molecule has 2 nitrogen and oxygen atoms in total. The van der Waals surface area contributed by atoms with Crippen molar-refractivity contribution in [3.63, 3.8) is 0 Å². The number of benzene rings is 1. The number of rotatable bonds is 3. The van der Waals surface area contributed by atoms with Gasteiger partial charge in [-0.25, -0.2) is 0 Å². The molecule has 0 aliphatic rings. The Kier molecular flexibility index (Phi) is 2.70. The highest BCUT2D eigenvalue weighted by atomic mass is 32.1. The van der Waals surface area contributed by atoms with Gasteiger partial charge < -0.3 is 4.84 Å². The van der Waals surface area contributed by atoms with Crippen LogP contribution in [-0.4, -0.2) is 5.49 Å². The van der Waals surface area contributed by atoms with Gasteiger partial charge in [0.1, 0.15) is 5.49 Å². The van der Waals surface area contributed by atoms with E-state index in [0.717, 1.165) is 0 Å². The summed E-state index contributed by atoms with van der Waals surface area (Å²) in [5.74, 6) is 0.698. The highest BCUT2D eigenvalue weighted by Crippen LogP contribution is 2.06. The molecule has 1 aromatic rings. The lowest BCUT2D eigenvalue weighted by Gasteiger charge is -1.96. The summed E-state index contributed by atoms with van der Waals surface area (Å²) in [4.78, 5) is 4.82. The molecular weight excluding hydrogens is 146 g/mol.